The molecule has 0 unspecified atom stereocenters. The summed E-state index contributed by atoms with van der Waals surface area (Å²) in [5.74, 6) is 1.22. The van der Waals surface area contributed by atoms with Crippen molar-refractivity contribution in [3.63, 3.8) is 0 Å². The van der Waals surface area contributed by atoms with Gasteiger partial charge < -0.3 is 24.8 Å². The van der Waals surface area contributed by atoms with Crippen molar-refractivity contribution in [2.24, 2.45) is 0 Å². The molecule has 124 valence electrons. The van der Waals surface area contributed by atoms with Gasteiger partial charge in [0.15, 0.2) is 11.5 Å². The molecule has 0 radical (unpaired) electrons. The average Bonchev–Trinajstić information content (AvgIpc) is 2.61. The van der Waals surface area contributed by atoms with Crippen LogP contribution in [0.4, 0.5) is 11.5 Å². The molecule has 2 aliphatic rings. The number of fused-ring (bicyclic) bond motifs is 2. The number of amides is 1. The molecule has 24 heavy (non-hydrogen) atoms. The Labute approximate surface area is 138 Å². The van der Waals surface area contributed by atoms with E-state index < -0.39 is 0 Å². The third kappa shape index (κ3) is 2.27. The monoisotopic (exact) mass is 328 g/mol. The quantitative estimate of drug-likeness (QED) is 0.879. The maximum Gasteiger partial charge on any atom is 0.318 e. The van der Waals surface area contributed by atoms with E-state index in [2.05, 4.69) is 9.97 Å². The van der Waals surface area contributed by atoms with Gasteiger partial charge >= 0.3 is 6.01 Å². The molecule has 0 fully saturated rings. The standard InChI is InChI=1S/C16H16N4O4/c1-22-16-18-10-4-5-20(15(21)13(10)14(17)19-16)9-2-3-11-12(8-9)24-7-6-23-11/h2-3,8H,4-7H2,1H3,(H2,17,18,19). The molecule has 1 aromatic heterocycles. The Morgan fingerprint density at radius 3 is 2.79 bits per heavy atom. The molecular formula is C16H16N4O4. The number of hydrogen-bond acceptors (Lipinski definition) is 7. The molecule has 3 heterocycles. The Balaban J connectivity index is 1.71. The average molecular weight is 328 g/mol. The smallest absolute Gasteiger partial charge is 0.318 e. The van der Waals surface area contributed by atoms with E-state index in [1.807, 2.05) is 6.07 Å². The van der Waals surface area contributed by atoms with Crippen molar-refractivity contribution >= 4 is 17.4 Å². The molecule has 0 saturated heterocycles. The van der Waals surface area contributed by atoms with Crippen LogP contribution in [0, 0.1) is 0 Å². The highest BCUT2D eigenvalue weighted by Crippen LogP contribution is 2.36. The van der Waals surface area contributed by atoms with Gasteiger partial charge in [-0.1, -0.05) is 0 Å². The molecule has 0 bridgehead atoms. The summed E-state index contributed by atoms with van der Waals surface area (Å²) in [7, 11) is 1.47. The van der Waals surface area contributed by atoms with Gasteiger partial charge in [-0.25, -0.2) is 0 Å². The van der Waals surface area contributed by atoms with E-state index in [0.717, 1.165) is 5.69 Å². The van der Waals surface area contributed by atoms with Crippen molar-refractivity contribution in [1.82, 2.24) is 9.97 Å². The van der Waals surface area contributed by atoms with Gasteiger partial charge in [0, 0.05) is 24.7 Å². The van der Waals surface area contributed by atoms with Crippen LogP contribution in [-0.4, -0.2) is 42.7 Å². The van der Waals surface area contributed by atoms with Crippen LogP contribution in [-0.2, 0) is 6.42 Å². The zero-order valence-electron chi connectivity index (χ0n) is 13.1. The van der Waals surface area contributed by atoms with Crippen molar-refractivity contribution in [2.75, 3.05) is 37.5 Å². The van der Waals surface area contributed by atoms with Crippen LogP contribution in [0.25, 0.3) is 0 Å². The van der Waals surface area contributed by atoms with E-state index >= 15 is 0 Å². The summed E-state index contributed by atoms with van der Waals surface area (Å²) in [5, 5.41) is 0. The fourth-order valence-corrected chi connectivity index (χ4v) is 2.91. The number of carbonyl (C=O) groups is 1. The van der Waals surface area contributed by atoms with Crippen LogP contribution < -0.4 is 24.8 Å². The van der Waals surface area contributed by atoms with Crippen LogP contribution in [0.15, 0.2) is 18.2 Å². The normalized spacial score (nSPS) is 15.9. The maximum absolute atomic E-state index is 12.9. The van der Waals surface area contributed by atoms with Crippen LogP contribution in [0.5, 0.6) is 17.5 Å². The highest BCUT2D eigenvalue weighted by molar-refractivity contribution is 6.10. The number of carbonyl (C=O) groups excluding carboxylic acids is 1. The van der Waals surface area contributed by atoms with E-state index in [1.165, 1.54) is 7.11 Å². The molecule has 2 aromatic rings. The van der Waals surface area contributed by atoms with E-state index in [4.69, 9.17) is 19.9 Å². The lowest BCUT2D eigenvalue weighted by Gasteiger charge is -2.29. The van der Waals surface area contributed by atoms with Crippen LogP contribution in [0.1, 0.15) is 16.1 Å². The van der Waals surface area contributed by atoms with Crippen LogP contribution >= 0.6 is 0 Å². The second-order valence-electron chi connectivity index (χ2n) is 5.45. The summed E-state index contributed by atoms with van der Waals surface area (Å²) < 4.78 is 16.1. The first-order valence-corrected chi connectivity index (χ1v) is 7.59. The number of anilines is 2. The SMILES string of the molecule is COc1nc(N)c2c(n1)CCN(c1ccc3c(c1)OCCO3)C2=O. The zero-order chi connectivity index (χ0) is 16.7. The van der Waals surface area contributed by atoms with Crippen LogP contribution in [0.3, 0.4) is 0 Å². The Hall–Kier alpha value is -3.03. The summed E-state index contributed by atoms with van der Waals surface area (Å²) in [6.45, 7) is 1.51. The minimum atomic E-state index is -0.229. The van der Waals surface area contributed by atoms with E-state index in [0.29, 0.717) is 48.9 Å². The lowest BCUT2D eigenvalue weighted by Crippen LogP contribution is -2.39. The topological polar surface area (TPSA) is 99.8 Å². The van der Waals surface area contributed by atoms with Gasteiger partial charge in [0.1, 0.15) is 24.6 Å². The predicted octanol–water partition coefficient (Wildman–Crippen LogP) is 1.04. The molecule has 0 aliphatic carbocycles. The third-order valence-electron chi connectivity index (χ3n) is 4.04. The molecule has 4 rings (SSSR count). The number of nitrogen functional groups attached to an aromatic ring is 1. The fourth-order valence-electron chi connectivity index (χ4n) is 2.91. The first-order valence-electron chi connectivity index (χ1n) is 7.59. The van der Waals surface area contributed by atoms with Gasteiger partial charge in [0.05, 0.1) is 12.8 Å². The summed E-state index contributed by atoms with van der Waals surface area (Å²) in [6, 6.07) is 5.61. The second-order valence-corrected chi connectivity index (χ2v) is 5.45. The second kappa shape index (κ2) is 5.55. The number of hydrogen-bond donors (Lipinski definition) is 1. The summed E-state index contributed by atoms with van der Waals surface area (Å²) >= 11 is 0. The van der Waals surface area contributed by atoms with Crippen molar-refractivity contribution in [2.45, 2.75) is 6.42 Å². The number of aromatic nitrogens is 2. The van der Waals surface area contributed by atoms with Crippen molar-refractivity contribution < 1.29 is 19.0 Å². The van der Waals surface area contributed by atoms with Gasteiger partial charge in [-0.3, -0.25) is 4.79 Å². The number of benzene rings is 1. The van der Waals surface area contributed by atoms with E-state index in [9.17, 15) is 4.79 Å². The fraction of sp³-hybridized carbons (Fsp3) is 0.312. The number of nitrogens with two attached hydrogens (primary N) is 1. The van der Waals surface area contributed by atoms with Crippen LogP contribution in [0.2, 0.25) is 0 Å². The first kappa shape index (κ1) is 14.6. The highest BCUT2D eigenvalue weighted by atomic mass is 16.6. The number of ether oxygens (including phenoxy) is 3. The summed E-state index contributed by atoms with van der Waals surface area (Å²) in [4.78, 5) is 22.7. The molecule has 1 amide bonds. The van der Waals surface area contributed by atoms with E-state index in [1.54, 1.807) is 17.0 Å². The maximum atomic E-state index is 12.9. The molecule has 0 saturated carbocycles. The lowest BCUT2D eigenvalue weighted by atomic mass is 10.0. The molecule has 1 aromatic carbocycles. The van der Waals surface area contributed by atoms with Gasteiger partial charge in [0.2, 0.25) is 0 Å². The summed E-state index contributed by atoms with van der Waals surface area (Å²) in [5.41, 5.74) is 7.60. The predicted molar refractivity (Wildman–Crippen MR) is 85.8 cm³/mol. The Morgan fingerprint density at radius 2 is 2.00 bits per heavy atom. The lowest BCUT2D eigenvalue weighted by molar-refractivity contribution is 0.0980. The number of rotatable bonds is 2. The molecule has 2 N–H and O–H groups in total. The molecule has 0 atom stereocenters. The van der Waals surface area contributed by atoms with Gasteiger partial charge in [0.25, 0.3) is 5.91 Å². The molecular weight excluding hydrogens is 312 g/mol. The number of methoxy groups -OCH3 is 1. The molecule has 8 heteroatoms. The minimum Gasteiger partial charge on any atom is -0.486 e. The zero-order valence-corrected chi connectivity index (χ0v) is 13.1. The van der Waals surface area contributed by atoms with Crippen molar-refractivity contribution in [1.29, 1.82) is 0 Å². The molecule has 2 aliphatic heterocycles. The Morgan fingerprint density at radius 1 is 1.21 bits per heavy atom. The Kier molecular flexibility index (Phi) is 3.37. The van der Waals surface area contributed by atoms with Gasteiger partial charge in [-0.05, 0) is 12.1 Å². The van der Waals surface area contributed by atoms with Gasteiger partial charge in [-0.15, -0.1) is 0 Å². The highest BCUT2D eigenvalue weighted by Gasteiger charge is 2.31. The number of nitrogens with zero attached hydrogens (tertiary/aromatic N) is 3. The molecule has 0 spiro atoms. The Bertz CT molecular complexity index is 824. The van der Waals surface area contributed by atoms with Crippen molar-refractivity contribution in [3.8, 4) is 17.5 Å². The van der Waals surface area contributed by atoms with E-state index in [-0.39, 0.29) is 17.7 Å². The van der Waals surface area contributed by atoms with Crippen molar-refractivity contribution in [3.05, 3.63) is 29.5 Å². The third-order valence-corrected chi connectivity index (χ3v) is 4.04. The minimum absolute atomic E-state index is 0.129. The molecule has 8 nitrogen and oxygen atoms in total. The van der Waals surface area contributed by atoms with Gasteiger partial charge in [-0.2, -0.15) is 9.97 Å². The largest absolute Gasteiger partial charge is 0.486 e. The first-order chi connectivity index (χ1) is 11.7. The summed E-state index contributed by atoms with van der Waals surface area (Å²) in [6.07, 6.45) is 0.568.